The molecular formula is C15H17ClN4O3. The second-order valence-corrected chi connectivity index (χ2v) is 5.50. The molecule has 1 aromatic heterocycles. The lowest BCUT2D eigenvalue weighted by Crippen LogP contribution is -2.25. The van der Waals surface area contributed by atoms with Crippen LogP contribution < -0.4 is 20.1 Å². The Hall–Kier alpha value is -2.25. The van der Waals surface area contributed by atoms with Crippen molar-refractivity contribution in [1.82, 2.24) is 15.5 Å². The summed E-state index contributed by atoms with van der Waals surface area (Å²) >= 11 is 6.07. The summed E-state index contributed by atoms with van der Waals surface area (Å²) in [6, 6.07) is 3.22. The molecule has 1 amide bonds. The van der Waals surface area contributed by atoms with Gasteiger partial charge in [0.1, 0.15) is 11.5 Å². The lowest BCUT2D eigenvalue weighted by Gasteiger charge is -2.14. The average Bonchev–Trinajstić information content (AvgIpc) is 3.00. The molecule has 2 aromatic rings. The van der Waals surface area contributed by atoms with Crippen molar-refractivity contribution in [3.05, 3.63) is 34.1 Å². The van der Waals surface area contributed by atoms with Crippen LogP contribution in [0.3, 0.4) is 0 Å². The number of methoxy groups -OCH3 is 2. The predicted molar refractivity (Wildman–Crippen MR) is 86.5 cm³/mol. The molecule has 8 heteroatoms. The third-order valence-corrected chi connectivity index (χ3v) is 4.04. The van der Waals surface area contributed by atoms with Gasteiger partial charge in [0.25, 0.3) is 5.91 Å². The van der Waals surface area contributed by atoms with E-state index in [1.165, 1.54) is 14.2 Å². The number of nitrogens with one attached hydrogen (secondary N) is 3. The standard InChI is InChI=1S/C15H17ClN4O3/c1-22-12-6-11(13(23-2)5-9(12)16)18-15(21)14-8-7-17-4-3-10(8)19-20-14/h5-6,17H,3-4,7H2,1-2H3,(H,18,21)(H,19,20). The van der Waals surface area contributed by atoms with Crippen LogP contribution in [-0.4, -0.2) is 36.9 Å². The molecule has 0 fully saturated rings. The Morgan fingerprint density at radius 1 is 1.30 bits per heavy atom. The molecule has 7 nitrogen and oxygen atoms in total. The quantitative estimate of drug-likeness (QED) is 0.794. The van der Waals surface area contributed by atoms with Crippen LogP contribution in [-0.2, 0) is 13.0 Å². The Balaban J connectivity index is 1.89. The summed E-state index contributed by atoms with van der Waals surface area (Å²) in [5, 5.41) is 13.5. The van der Waals surface area contributed by atoms with Crippen LogP contribution in [0.1, 0.15) is 21.7 Å². The molecule has 1 aliphatic heterocycles. The molecule has 3 rings (SSSR count). The second kappa shape index (κ2) is 6.47. The first-order chi connectivity index (χ1) is 11.1. The van der Waals surface area contributed by atoms with Gasteiger partial charge in [0, 0.05) is 42.9 Å². The van der Waals surface area contributed by atoms with E-state index in [1.807, 2.05) is 0 Å². The van der Waals surface area contributed by atoms with Crippen molar-refractivity contribution in [2.75, 3.05) is 26.1 Å². The highest BCUT2D eigenvalue weighted by Gasteiger charge is 2.22. The molecule has 1 aliphatic rings. The Morgan fingerprint density at radius 3 is 2.83 bits per heavy atom. The van der Waals surface area contributed by atoms with Crippen molar-refractivity contribution in [3.63, 3.8) is 0 Å². The summed E-state index contributed by atoms with van der Waals surface area (Å²) in [6.45, 7) is 1.49. The number of carbonyl (C=O) groups is 1. The van der Waals surface area contributed by atoms with Crippen molar-refractivity contribution in [2.45, 2.75) is 13.0 Å². The number of benzene rings is 1. The Kier molecular flexibility index (Phi) is 4.40. The number of fused-ring (bicyclic) bond motifs is 1. The van der Waals surface area contributed by atoms with Gasteiger partial charge in [-0.3, -0.25) is 9.89 Å². The number of rotatable bonds is 4. The summed E-state index contributed by atoms with van der Waals surface area (Å²) in [5.41, 5.74) is 2.74. The Bertz CT molecular complexity index is 745. The molecule has 3 N–H and O–H groups in total. The number of anilines is 1. The maximum absolute atomic E-state index is 12.5. The first kappa shape index (κ1) is 15.6. The SMILES string of the molecule is COc1cc(NC(=O)c2n[nH]c3c2CNCC3)c(OC)cc1Cl. The largest absolute Gasteiger partial charge is 0.495 e. The highest BCUT2D eigenvalue weighted by Crippen LogP contribution is 2.36. The van der Waals surface area contributed by atoms with E-state index < -0.39 is 0 Å². The molecular weight excluding hydrogens is 320 g/mol. The van der Waals surface area contributed by atoms with Gasteiger partial charge < -0.3 is 20.1 Å². The van der Waals surface area contributed by atoms with E-state index in [1.54, 1.807) is 12.1 Å². The summed E-state index contributed by atoms with van der Waals surface area (Å²) in [5.74, 6) is 0.592. The molecule has 122 valence electrons. The van der Waals surface area contributed by atoms with E-state index >= 15 is 0 Å². The van der Waals surface area contributed by atoms with Crippen molar-refractivity contribution in [2.24, 2.45) is 0 Å². The highest BCUT2D eigenvalue weighted by molar-refractivity contribution is 6.32. The van der Waals surface area contributed by atoms with Crippen LogP contribution in [0.25, 0.3) is 0 Å². The van der Waals surface area contributed by atoms with Gasteiger partial charge in [-0.25, -0.2) is 0 Å². The fourth-order valence-corrected chi connectivity index (χ4v) is 2.78. The van der Waals surface area contributed by atoms with Gasteiger partial charge in [-0.1, -0.05) is 11.6 Å². The Labute approximate surface area is 138 Å². The minimum atomic E-state index is -0.311. The van der Waals surface area contributed by atoms with Gasteiger partial charge >= 0.3 is 0 Å². The van der Waals surface area contributed by atoms with Gasteiger partial charge in [0.05, 0.1) is 24.9 Å². The molecule has 0 radical (unpaired) electrons. The lowest BCUT2D eigenvalue weighted by atomic mass is 10.1. The van der Waals surface area contributed by atoms with E-state index in [-0.39, 0.29) is 5.91 Å². The number of hydrogen-bond acceptors (Lipinski definition) is 5. The molecule has 0 saturated carbocycles. The van der Waals surface area contributed by atoms with E-state index in [0.29, 0.717) is 34.4 Å². The van der Waals surface area contributed by atoms with Crippen LogP contribution in [0.2, 0.25) is 5.02 Å². The van der Waals surface area contributed by atoms with Gasteiger partial charge in [-0.15, -0.1) is 0 Å². The van der Waals surface area contributed by atoms with Crippen LogP contribution in [0.5, 0.6) is 11.5 Å². The maximum atomic E-state index is 12.5. The van der Waals surface area contributed by atoms with E-state index in [9.17, 15) is 4.79 Å². The van der Waals surface area contributed by atoms with Crippen molar-refractivity contribution < 1.29 is 14.3 Å². The van der Waals surface area contributed by atoms with Gasteiger partial charge in [0.15, 0.2) is 5.69 Å². The fraction of sp³-hybridized carbons (Fsp3) is 0.333. The van der Waals surface area contributed by atoms with Crippen LogP contribution in [0.4, 0.5) is 5.69 Å². The lowest BCUT2D eigenvalue weighted by molar-refractivity contribution is 0.102. The summed E-state index contributed by atoms with van der Waals surface area (Å²) in [7, 11) is 3.02. The zero-order valence-corrected chi connectivity index (χ0v) is 13.6. The normalized spacial score (nSPS) is 13.3. The number of carbonyl (C=O) groups excluding carboxylic acids is 1. The van der Waals surface area contributed by atoms with Gasteiger partial charge in [0.2, 0.25) is 0 Å². The first-order valence-electron chi connectivity index (χ1n) is 7.13. The number of ether oxygens (including phenoxy) is 2. The zero-order valence-electron chi connectivity index (χ0n) is 12.8. The topological polar surface area (TPSA) is 88.3 Å². The van der Waals surface area contributed by atoms with Crippen molar-refractivity contribution >= 4 is 23.2 Å². The number of halogens is 1. The predicted octanol–water partition coefficient (Wildman–Crippen LogP) is 1.98. The summed E-state index contributed by atoms with van der Waals surface area (Å²) in [6.07, 6.45) is 0.827. The molecule has 1 aromatic carbocycles. The van der Waals surface area contributed by atoms with Gasteiger partial charge in [-0.05, 0) is 0 Å². The number of aromatic nitrogens is 2. The average molecular weight is 337 g/mol. The van der Waals surface area contributed by atoms with Gasteiger partial charge in [-0.2, -0.15) is 5.10 Å². The van der Waals surface area contributed by atoms with Crippen LogP contribution >= 0.6 is 11.6 Å². The van der Waals surface area contributed by atoms with E-state index in [0.717, 1.165) is 24.2 Å². The van der Waals surface area contributed by atoms with E-state index in [2.05, 4.69) is 20.8 Å². The molecule has 0 aliphatic carbocycles. The van der Waals surface area contributed by atoms with Crippen molar-refractivity contribution in [3.8, 4) is 11.5 Å². The number of hydrogen-bond donors (Lipinski definition) is 3. The second-order valence-electron chi connectivity index (χ2n) is 5.10. The van der Waals surface area contributed by atoms with Crippen molar-refractivity contribution in [1.29, 1.82) is 0 Å². The van der Waals surface area contributed by atoms with E-state index in [4.69, 9.17) is 21.1 Å². The molecule has 0 bridgehead atoms. The monoisotopic (exact) mass is 336 g/mol. The summed E-state index contributed by atoms with van der Waals surface area (Å²) in [4.78, 5) is 12.5. The summed E-state index contributed by atoms with van der Waals surface area (Å²) < 4.78 is 10.4. The van der Waals surface area contributed by atoms with Crippen LogP contribution in [0.15, 0.2) is 12.1 Å². The third kappa shape index (κ3) is 2.97. The fourth-order valence-electron chi connectivity index (χ4n) is 2.55. The zero-order chi connectivity index (χ0) is 16.4. The molecule has 2 heterocycles. The minimum Gasteiger partial charge on any atom is -0.495 e. The highest BCUT2D eigenvalue weighted by atomic mass is 35.5. The molecule has 23 heavy (non-hydrogen) atoms. The number of amides is 1. The Morgan fingerprint density at radius 2 is 2.09 bits per heavy atom. The third-order valence-electron chi connectivity index (χ3n) is 3.74. The number of aromatic amines is 1. The first-order valence-corrected chi connectivity index (χ1v) is 7.51. The smallest absolute Gasteiger partial charge is 0.276 e. The van der Waals surface area contributed by atoms with Crippen LogP contribution in [0, 0.1) is 0 Å². The molecule has 0 unspecified atom stereocenters. The molecule has 0 atom stereocenters. The molecule has 0 spiro atoms. The molecule has 0 saturated heterocycles. The minimum absolute atomic E-state index is 0.311. The maximum Gasteiger partial charge on any atom is 0.276 e. The number of H-pyrrole nitrogens is 1. The number of nitrogens with zero attached hydrogens (tertiary/aromatic N) is 1.